The van der Waals surface area contributed by atoms with Gasteiger partial charge in [0.05, 0.1) is 16.1 Å². The number of benzene rings is 2. The van der Waals surface area contributed by atoms with Gasteiger partial charge in [0.25, 0.3) is 17.5 Å². The molecule has 0 fully saturated rings. The number of hydrogen-bond acceptors (Lipinski definition) is 5. The first-order valence-corrected chi connectivity index (χ1v) is 8.12. The summed E-state index contributed by atoms with van der Waals surface area (Å²) in [6.07, 6.45) is 0. The molecule has 2 aromatic carbocycles. The van der Waals surface area contributed by atoms with Gasteiger partial charge in [0.2, 0.25) is 0 Å². The minimum Gasteiger partial charge on any atom is -0.308 e. The molecule has 0 atom stereocenters. The largest absolute Gasteiger partial charge is 0.323 e. The van der Waals surface area contributed by atoms with Gasteiger partial charge in [-0.2, -0.15) is 0 Å². The van der Waals surface area contributed by atoms with Gasteiger partial charge in [-0.15, -0.1) is 0 Å². The van der Waals surface area contributed by atoms with Crippen LogP contribution in [0.3, 0.4) is 0 Å². The van der Waals surface area contributed by atoms with E-state index in [9.17, 15) is 24.5 Å². The summed E-state index contributed by atoms with van der Waals surface area (Å²) in [7, 11) is 0. The fourth-order valence-electron chi connectivity index (χ4n) is 2.80. The highest BCUT2D eigenvalue weighted by Crippen LogP contribution is 2.27. The molecule has 1 heterocycles. The predicted molar refractivity (Wildman–Crippen MR) is 97.8 cm³/mol. The quantitative estimate of drug-likeness (QED) is 0.487. The highest BCUT2D eigenvalue weighted by atomic mass is 16.6. The minimum atomic E-state index is -0.632. The lowest BCUT2D eigenvalue weighted by Crippen LogP contribution is -2.35. The Balaban J connectivity index is 1.75. The second-order valence-corrected chi connectivity index (χ2v) is 6.22. The van der Waals surface area contributed by atoms with Crippen molar-refractivity contribution >= 4 is 34.9 Å². The van der Waals surface area contributed by atoms with Gasteiger partial charge in [-0.3, -0.25) is 24.6 Å². The van der Waals surface area contributed by atoms with Gasteiger partial charge in [0.15, 0.2) is 0 Å². The molecule has 0 saturated heterocycles. The normalized spacial score (nSPS) is 12.9. The topological polar surface area (TPSA) is 122 Å². The number of amides is 4. The van der Waals surface area contributed by atoms with Crippen molar-refractivity contribution in [2.75, 3.05) is 10.6 Å². The number of carbonyl (C=O) groups excluding carboxylic acids is 3. The standard InChI is InChI=1S/C18H16N4O5/c1-10(2)21-16(23)14-7-6-12(9-15(14)17(21)24)20-18(25)19-11-4-3-5-13(8-11)22(26)27/h3-10H,1-2H3,(H2,19,20,25). The molecule has 27 heavy (non-hydrogen) atoms. The van der Waals surface area contributed by atoms with Crippen LogP contribution < -0.4 is 10.6 Å². The Morgan fingerprint density at radius 3 is 2.26 bits per heavy atom. The fourth-order valence-corrected chi connectivity index (χ4v) is 2.80. The molecule has 2 aromatic rings. The van der Waals surface area contributed by atoms with Crippen molar-refractivity contribution in [2.45, 2.75) is 19.9 Å². The van der Waals surface area contributed by atoms with Crippen molar-refractivity contribution in [2.24, 2.45) is 0 Å². The summed E-state index contributed by atoms with van der Waals surface area (Å²) < 4.78 is 0. The van der Waals surface area contributed by atoms with Crippen LogP contribution in [0.5, 0.6) is 0 Å². The van der Waals surface area contributed by atoms with E-state index in [1.165, 1.54) is 42.5 Å². The molecule has 0 unspecified atom stereocenters. The Kier molecular flexibility index (Phi) is 4.59. The first-order chi connectivity index (χ1) is 12.8. The van der Waals surface area contributed by atoms with E-state index in [1.807, 2.05) is 0 Å². The Bertz CT molecular complexity index is 970. The van der Waals surface area contributed by atoms with E-state index in [4.69, 9.17) is 0 Å². The number of carbonyl (C=O) groups is 3. The predicted octanol–water partition coefficient (Wildman–Crippen LogP) is 3.24. The summed E-state index contributed by atoms with van der Waals surface area (Å²) in [4.78, 5) is 48.2. The highest BCUT2D eigenvalue weighted by molar-refractivity contribution is 6.22. The maximum absolute atomic E-state index is 12.4. The summed E-state index contributed by atoms with van der Waals surface area (Å²) >= 11 is 0. The molecule has 0 aromatic heterocycles. The van der Waals surface area contributed by atoms with Crippen LogP contribution in [0.15, 0.2) is 42.5 Å². The summed E-state index contributed by atoms with van der Waals surface area (Å²) in [5.74, 6) is -0.773. The lowest BCUT2D eigenvalue weighted by atomic mass is 10.1. The van der Waals surface area contributed by atoms with Crippen LogP contribution in [0.25, 0.3) is 0 Å². The summed E-state index contributed by atoms with van der Waals surface area (Å²) in [6, 6.07) is 9.04. The van der Waals surface area contributed by atoms with Crippen LogP contribution in [0.2, 0.25) is 0 Å². The molecule has 4 amide bonds. The SMILES string of the molecule is CC(C)N1C(=O)c2ccc(NC(=O)Nc3cccc([N+](=O)[O-])c3)cc2C1=O. The Morgan fingerprint density at radius 1 is 1.00 bits per heavy atom. The van der Waals surface area contributed by atoms with Gasteiger partial charge in [-0.05, 0) is 38.1 Å². The number of nitro benzene ring substituents is 1. The van der Waals surface area contributed by atoms with E-state index in [-0.39, 0.29) is 28.9 Å². The Hall–Kier alpha value is -3.75. The molecule has 0 aliphatic carbocycles. The Labute approximate surface area is 154 Å². The van der Waals surface area contributed by atoms with E-state index in [0.29, 0.717) is 11.3 Å². The third-order valence-electron chi connectivity index (χ3n) is 4.01. The van der Waals surface area contributed by atoms with E-state index in [2.05, 4.69) is 10.6 Å². The lowest BCUT2D eigenvalue weighted by molar-refractivity contribution is -0.384. The van der Waals surface area contributed by atoms with E-state index >= 15 is 0 Å². The number of nitrogens with zero attached hydrogens (tertiary/aromatic N) is 2. The third kappa shape index (κ3) is 3.47. The molecule has 0 bridgehead atoms. The fraction of sp³-hybridized carbons (Fsp3) is 0.167. The summed E-state index contributed by atoms with van der Waals surface area (Å²) in [5.41, 5.74) is 0.937. The zero-order valence-corrected chi connectivity index (χ0v) is 14.6. The average Bonchev–Trinajstić information content (AvgIpc) is 2.85. The van der Waals surface area contributed by atoms with Crippen molar-refractivity contribution in [1.82, 2.24) is 4.90 Å². The number of anilines is 2. The first-order valence-electron chi connectivity index (χ1n) is 8.12. The maximum atomic E-state index is 12.4. The van der Waals surface area contributed by atoms with Crippen LogP contribution in [0, 0.1) is 10.1 Å². The van der Waals surface area contributed by atoms with Gasteiger partial charge in [-0.1, -0.05) is 6.07 Å². The van der Waals surface area contributed by atoms with Crippen LogP contribution in [0.1, 0.15) is 34.6 Å². The Morgan fingerprint density at radius 2 is 1.63 bits per heavy atom. The number of imide groups is 1. The van der Waals surface area contributed by atoms with Gasteiger partial charge < -0.3 is 10.6 Å². The molecular formula is C18H16N4O5. The highest BCUT2D eigenvalue weighted by Gasteiger charge is 2.37. The maximum Gasteiger partial charge on any atom is 0.323 e. The monoisotopic (exact) mass is 368 g/mol. The van der Waals surface area contributed by atoms with Gasteiger partial charge in [0, 0.05) is 29.5 Å². The first kappa shape index (κ1) is 18.1. The molecule has 9 heteroatoms. The zero-order valence-electron chi connectivity index (χ0n) is 14.6. The number of rotatable bonds is 4. The summed E-state index contributed by atoms with van der Waals surface area (Å²) in [6.45, 7) is 3.49. The number of urea groups is 1. The second kappa shape index (κ2) is 6.87. The smallest absolute Gasteiger partial charge is 0.308 e. The molecule has 2 N–H and O–H groups in total. The van der Waals surface area contributed by atoms with E-state index in [1.54, 1.807) is 13.8 Å². The van der Waals surface area contributed by atoms with Crippen molar-refractivity contribution < 1.29 is 19.3 Å². The molecule has 3 rings (SSSR count). The van der Waals surface area contributed by atoms with Crippen LogP contribution >= 0.6 is 0 Å². The van der Waals surface area contributed by atoms with Crippen molar-refractivity contribution in [3.05, 3.63) is 63.7 Å². The number of hydrogen-bond donors (Lipinski definition) is 2. The molecule has 1 aliphatic heterocycles. The molecule has 138 valence electrons. The van der Waals surface area contributed by atoms with Crippen LogP contribution in [-0.4, -0.2) is 33.7 Å². The molecule has 1 aliphatic rings. The van der Waals surface area contributed by atoms with Crippen molar-refractivity contribution in [3.8, 4) is 0 Å². The molecule has 9 nitrogen and oxygen atoms in total. The number of non-ortho nitro benzene ring substituents is 1. The number of fused-ring (bicyclic) bond motifs is 1. The van der Waals surface area contributed by atoms with Crippen molar-refractivity contribution in [1.29, 1.82) is 0 Å². The van der Waals surface area contributed by atoms with E-state index in [0.717, 1.165) is 4.90 Å². The second-order valence-electron chi connectivity index (χ2n) is 6.22. The van der Waals surface area contributed by atoms with Crippen LogP contribution in [-0.2, 0) is 0 Å². The molecule has 0 spiro atoms. The van der Waals surface area contributed by atoms with Gasteiger partial charge in [-0.25, -0.2) is 4.79 Å². The molecule has 0 saturated carbocycles. The lowest BCUT2D eigenvalue weighted by Gasteiger charge is -2.17. The molecule has 0 radical (unpaired) electrons. The zero-order chi connectivity index (χ0) is 19.7. The average molecular weight is 368 g/mol. The molecular weight excluding hydrogens is 352 g/mol. The third-order valence-corrected chi connectivity index (χ3v) is 4.01. The minimum absolute atomic E-state index is 0.150. The van der Waals surface area contributed by atoms with Gasteiger partial charge >= 0.3 is 6.03 Å². The van der Waals surface area contributed by atoms with E-state index < -0.39 is 16.9 Å². The number of nitrogens with one attached hydrogen (secondary N) is 2. The number of nitro groups is 1. The van der Waals surface area contributed by atoms with Crippen LogP contribution in [0.4, 0.5) is 21.9 Å². The van der Waals surface area contributed by atoms with Gasteiger partial charge in [0.1, 0.15) is 0 Å². The summed E-state index contributed by atoms with van der Waals surface area (Å²) in [5, 5.41) is 15.8. The van der Waals surface area contributed by atoms with Crippen molar-refractivity contribution in [3.63, 3.8) is 0 Å².